The van der Waals surface area contributed by atoms with Gasteiger partial charge in [0.15, 0.2) is 5.69 Å². The number of piperidine rings is 1. The Morgan fingerprint density at radius 3 is 2.65 bits per heavy atom. The highest BCUT2D eigenvalue weighted by atomic mass is 19.4. The summed E-state index contributed by atoms with van der Waals surface area (Å²) in [5, 5.41) is 11.8. The molecule has 4 rings (SSSR count). The lowest BCUT2D eigenvalue weighted by Crippen LogP contribution is -2.42. The van der Waals surface area contributed by atoms with E-state index in [0.717, 1.165) is 48.7 Å². The number of rotatable bonds is 1. The van der Waals surface area contributed by atoms with Crippen LogP contribution in [-0.2, 0) is 26.7 Å². The molecule has 2 bridgehead atoms. The molecule has 2 atom stereocenters. The minimum Gasteiger partial charge on any atom is -0.305 e. The first kappa shape index (κ1) is 14.7. The average Bonchev–Trinajstić information content (AvgIpc) is 2.99. The van der Waals surface area contributed by atoms with Crippen LogP contribution in [-0.4, -0.2) is 25.6 Å². The van der Waals surface area contributed by atoms with Gasteiger partial charge in [-0.1, -0.05) is 0 Å². The van der Waals surface area contributed by atoms with E-state index in [1.54, 1.807) is 18.8 Å². The van der Waals surface area contributed by atoms with E-state index < -0.39 is 11.9 Å². The number of fused-ring (bicyclic) bond motifs is 4. The number of halogens is 3. The van der Waals surface area contributed by atoms with Crippen LogP contribution < -0.4 is 5.32 Å². The molecule has 2 aromatic heterocycles. The van der Waals surface area contributed by atoms with Crippen molar-refractivity contribution in [2.75, 3.05) is 0 Å². The molecule has 0 spiro atoms. The van der Waals surface area contributed by atoms with Gasteiger partial charge in [0.2, 0.25) is 0 Å². The largest absolute Gasteiger partial charge is 0.435 e. The van der Waals surface area contributed by atoms with Crippen molar-refractivity contribution in [1.29, 1.82) is 0 Å². The zero-order valence-corrected chi connectivity index (χ0v) is 13.0. The average molecular weight is 325 g/mol. The van der Waals surface area contributed by atoms with Gasteiger partial charge in [0.25, 0.3) is 0 Å². The molecule has 2 aromatic rings. The summed E-state index contributed by atoms with van der Waals surface area (Å²) in [6, 6.07) is 1.72. The normalized spacial score (nSPS) is 23.9. The third-order valence-electron chi connectivity index (χ3n) is 4.85. The fraction of sp³-hybridized carbons (Fsp3) is 0.600. The fourth-order valence-corrected chi connectivity index (χ4v) is 3.86. The molecule has 8 heteroatoms. The maximum Gasteiger partial charge on any atom is 0.435 e. The zero-order valence-electron chi connectivity index (χ0n) is 13.0. The van der Waals surface area contributed by atoms with E-state index in [1.165, 1.54) is 4.68 Å². The van der Waals surface area contributed by atoms with Crippen LogP contribution in [0.4, 0.5) is 13.2 Å². The Bertz CT molecular complexity index is 758. The highest BCUT2D eigenvalue weighted by molar-refractivity contribution is 5.63. The van der Waals surface area contributed by atoms with Gasteiger partial charge in [-0.05, 0) is 31.7 Å². The summed E-state index contributed by atoms with van der Waals surface area (Å²) in [7, 11) is 3.34. The number of hydrogen-bond acceptors (Lipinski definition) is 3. The van der Waals surface area contributed by atoms with Crippen LogP contribution in [0.1, 0.15) is 42.3 Å². The Labute approximate surface area is 131 Å². The Morgan fingerprint density at radius 1 is 1.17 bits per heavy atom. The minimum absolute atomic E-state index is 0.216. The first-order chi connectivity index (χ1) is 10.8. The first-order valence-electron chi connectivity index (χ1n) is 7.78. The van der Waals surface area contributed by atoms with Crippen LogP contribution in [0.5, 0.6) is 0 Å². The van der Waals surface area contributed by atoms with Gasteiger partial charge in [-0.3, -0.25) is 9.36 Å². The molecular formula is C15H18F3N5. The van der Waals surface area contributed by atoms with E-state index >= 15 is 0 Å². The fourth-order valence-electron chi connectivity index (χ4n) is 3.86. The lowest BCUT2D eigenvalue weighted by atomic mass is 9.84. The number of hydrogen-bond donors (Lipinski definition) is 1. The SMILES string of the molecule is Cn1nc(C(F)(F)F)cc1-c1c2c(nn1C)C1CCCC(C2)N1. The molecule has 2 unspecified atom stereocenters. The van der Waals surface area contributed by atoms with Gasteiger partial charge in [0.1, 0.15) is 0 Å². The van der Waals surface area contributed by atoms with Gasteiger partial charge in [-0.15, -0.1) is 0 Å². The van der Waals surface area contributed by atoms with Gasteiger partial charge in [0.05, 0.1) is 23.1 Å². The molecule has 5 nitrogen and oxygen atoms in total. The lowest BCUT2D eigenvalue weighted by Gasteiger charge is -2.35. The second-order valence-corrected chi connectivity index (χ2v) is 6.42. The van der Waals surface area contributed by atoms with E-state index in [4.69, 9.17) is 0 Å². The molecule has 0 amide bonds. The van der Waals surface area contributed by atoms with Crippen molar-refractivity contribution >= 4 is 0 Å². The molecule has 1 N–H and O–H groups in total. The third-order valence-corrected chi connectivity index (χ3v) is 4.85. The van der Waals surface area contributed by atoms with Gasteiger partial charge in [-0.25, -0.2) is 0 Å². The van der Waals surface area contributed by atoms with Crippen LogP contribution in [0.15, 0.2) is 6.07 Å². The smallest absolute Gasteiger partial charge is 0.305 e. The molecule has 2 aliphatic rings. The van der Waals surface area contributed by atoms with E-state index in [0.29, 0.717) is 11.7 Å². The second-order valence-electron chi connectivity index (χ2n) is 6.42. The predicted octanol–water partition coefficient (Wildman–Crippen LogP) is 2.58. The molecular weight excluding hydrogens is 307 g/mol. The van der Waals surface area contributed by atoms with E-state index in [2.05, 4.69) is 15.5 Å². The van der Waals surface area contributed by atoms with Gasteiger partial charge < -0.3 is 5.32 Å². The summed E-state index contributed by atoms with van der Waals surface area (Å²) in [4.78, 5) is 0. The Morgan fingerprint density at radius 2 is 1.96 bits per heavy atom. The topological polar surface area (TPSA) is 47.7 Å². The highest BCUT2D eigenvalue weighted by Crippen LogP contribution is 2.39. The molecule has 0 saturated carbocycles. The summed E-state index contributed by atoms with van der Waals surface area (Å²) in [6.07, 6.45) is -0.339. The lowest BCUT2D eigenvalue weighted by molar-refractivity contribution is -0.141. The van der Waals surface area contributed by atoms with Crippen molar-refractivity contribution < 1.29 is 13.2 Å². The number of aromatic nitrogens is 4. The van der Waals surface area contributed by atoms with Crippen LogP contribution in [0.2, 0.25) is 0 Å². The maximum absolute atomic E-state index is 12.9. The minimum atomic E-state index is -4.44. The summed E-state index contributed by atoms with van der Waals surface area (Å²) < 4.78 is 41.8. The van der Waals surface area contributed by atoms with E-state index in [-0.39, 0.29) is 6.04 Å². The van der Waals surface area contributed by atoms with Gasteiger partial charge in [0, 0.05) is 25.7 Å². The molecule has 1 saturated heterocycles. The number of nitrogens with one attached hydrogen (secondary N) is 1. The number of alkyl halides is 3. The second kappa shape index (κ2) is 4.83. The van der Waals surface area contributed by atoms with Crippen LogP contribution >= 0.6 is 0 Å². The van der Waals surface area contributed by atoms with E-state index in [9.17, 15) is 13.2 Å². The molecule has 124 valence electrons. The Kier molecular flexibility index (Phi) is 3.10. The van der Waals surface area contributed by atoms with Crippen molar-refractivity contribution in [2.45, 2.75) is 43.9 Å². The molecule has 1 fully saturated rings. The molecule has 0 radical (unpaired) electrons. The molecule has 23 heavy (non-hydrogen) atoms. The summed E-state index contributed by atoms with van der Waals surface area (Å²) in [5.41, 5.74) is 2.41. The maximum atomic E-state index is 12.9. The summed E-state index contributed by atoms with van der Waals surface area (Å²) in [6.45, 7) is 0. The number of aryl methyl sites for hydroxylation is 2. The summed E-state index contributed by atoms with van der Waals surface area (Å²) >= 11 is 0. The van der Waals surface area contributed by atoms with Crippen LogP contribution in [0, 0.1) is 0 Å². The molecule has 0 aromatic carbocycles. The summed E-state index contributed by atoms with van der Waals surface area (Å²) in [5.74, 6) is 0. The quantitative estimate of drug-likeness (QED) is 0.877. The highest BCUT2D eigenvalue weighted by Gasteiger charge is 2.38. The number of nitrogens with zero attached hydrogens (tertiary/aromatic N) is 4. The molecule has 4 heterocycles. The Hall–Kier alpha value is -1.83. The van der Waals surface area contributed by atoms with Crippen LogP contribution in [0.3, 0.4) is 0 Å². The van der Waals surface area contributed by atoms with Crippen molar-refractivity contribution in [2.24, 2.45) is 14.1 Å². The van der Waals surface area contributed by atoms with Crippen molar-refractivity contribution in [3.63, 3.8) is 0 Å². The van der Waals surface area contributed by atoms with Crippen molar-refractivity contribution in [3.05, 3.63) is 23.0 Å². The standard InChI is InChI=1S/C15H18F3N5/c1-22-11(7-12(20-22)15(16,17)18)14-9-6-8-4-3-5-10(19-8)13(9)21-23(14)2/h7-8,10,19H,3-6H2,1-2H3. The van der Waals surface area contributed by atoms with Crippen molar-refractivity contribution in [1.82, 2.24) is 24.9 Å². The van der Waals surface area contributed by atoms with Gasteiger partial charge in [-0.2, -0.15) is 23.4 Å². The van der Waals surface area contributed by atoms with Gasteiger partial charge >= 0.3 is 6.18 Å². The van der Waals surface area contributed by atoms with Crippen LogP contribution in [0.25, 0.3) is 11.4 Å². The van der Waals surface area contributed by atoms with Crippen molar-refractivity contribution in [3.8, 4) is 11.4 Å². The third kappa shape index (κ3) is 2.27. The Balaban J connectivity index is 1.85. The molecule has 2 aliphatic heterocycles. The van der Waals surface area contributed by atoms with E-state index in [1.807, 2.05) is 0 Å². The molecule has 0 aliphatic carbocycles. The zero-order chi connectivity index (χ0) is 16.4. The predicted molar refractivity (Wildman–Crippen MR) is 77.6 cm³/mol. The monoisotopic (exact) mass is 325 g/mol. The first-order valence-corrected chi connectivity index (χ1v) is 7.78.